The Bertz CT molecular complexity index is 1580. The summed E-state index contributed by atoms with van der Waals surface area (Å²) in [6.45, 7) is 21.5. The zero-order valence-corrected chi connectivity index (χ0v) is 35.1. The summed E-state index contributed by atoms with van der Waals surface area (Å²) in [5.41, 5.74) is 1.09. The molecule has 308 valence electrons. The molecule has 0 radical (unpaired) electrons. The molecule has 0 N–H and O–H groups in total. The second-order valence-corrected chi connectivity index (χ2v) is 19.6. The maximum Gasteiger partial charge on any atom is 0.315 e. The van der Waals surface area contributed by atoms with Gasteiger partial charge in [-0.15, -0.1) is 0 Å². The van der Waals surface area contributed by atoms with Gasteiger partial charge in [-0.3, -0.25) is 24.0 Å². The summed E-state index contributed by atoms with van der Waals surface area (Å²) >= 11 is 0. The molecule has 5 fully saturated rings. The molecule has 55 heavy (non-hydrogen) atoms. The summed E-state index contributed by atoms with van der Waals surface area (Å²) in [5, 5.41) is 0. The molecule has 11 nitrogen and oxygen atoms in total. The average Bonchev–Trinajstić information content (AvgIpc) is 3.07. The van der Waals surface area contributed by atoms with Gasteiger partial charge < -0.3 is 28.4 Å². The number of hydrogen-bond acceptors (Lipinski definition) is 11. The predicted molar refractivity (Wildman–Crippen MR) is 202 cm³/mol. The molecule has 11 heteroatoms. The lowest BCUT2D eigenvalue weighted by molar-refractivity contribution is -0.304. The quantitative estimate of drug-likeness (QED) is 0.143. The van der Waals surface area contributed by atoms with Crippen molar-refractivity contribution in [1.82, 2.24) is 0 Å². The normalized spacial score (nSPS) is 44.5. The Hall–Kier alpha value is -2.95. The van der Waals surface area contributed by atoms with Crippen LogP contribution < -0.4 is 0 Å². The van der Waals surface area contributed by atoms with Crippen molar-refractivity contribution in [3.63, 3.8) is 0 Å². The molecular formula is C44H66O11. The van der Waals surface area contributed by atoms with Crippen LogP contribution in [0.25, 0.3) is 0 Å². The Kier molecular flexibility index (Phi) is 11.2. The number of carbonyl (C=O) groups is 5. The minimum Gasteiger partial charge on any atom is -0.463 e. The lowest BCUT2D eigenvalue weighted by atomic mass is 9.33. The fourth-order valence-corrected chi connectivity index (χ4v) is 13.4. The van der Waals surface area contributed by atoms with Crippen LogP contribution in [-0.4, -0.2) is 67.2 Å². The Morgan fingerprint density at radius 1 is 0.709 bits per heavy atom. The lowest BCUT2D eigenvalue weighted by Crippen LogP contribution is -2.65. The van der Waals surface area contributed by atoms with Gasteiger partial charge in [-0.2, -0.15) is 0 Å². The number of carbonyl (C=O) groups excluding carboxylic acids is 5. The molecule has 14 atom stereocenters. The van der Waals surface area contributed by atoms with Crippen LogP contribution in [0.1, 0.15) is 140 Å². The van der Waals surface area contributed by atoms with Crippen LogP contribution in [0, 0.1) is 56.7 Å². The van der Waals surface area contributed by atoms with Gasteiger partial charge in [-0.05, 0) is 109 Å². The van der Waals surface area contributed by atoms with Crippen molar-refractivity contribution in [1.29, 1.82) is 0 Å². The van der Waals surface area contributed by atoms with Gasteiger partial charge in [0.1, 0.15) is 12.7 Å². The van der Waals surface area contributed by atoms with Gasteiger partial charge in [-0.25, -0.2) is 0 Å². The molecule has 1 heterocycles. The van der Waals surface area contributed by atoms with Crippen molar-refractivity contribution < 1.29 is 52.4 Å². The van der Waals surface area contributed by atoms with E-state index in [-0.39, 0.29) is 28.1 Å². The summed E-state index contributed by atoms with van der Waals surface area (Å²) in [7, 11) is 0. The number of fused-ring (bicyclic) bond motifs is 7. The van der Waals surface area contributed by atoms with Crippen LogP contribution in [0.2, 0.25) is 0 Å². The minimum absolute atomic E-state index is 0.0701. The van der Waals surface area contributed by atoms with Crippen LogP contribution in [0.5, 0.6) is 0 Å². The highest BCUT2D eigenvalue weighted by Gasteiger charge is 2.69. The first-order valence-electron chi connectivity index (χ1n) is 20.8. The van der Waals surface area contributed by atoms with E-state index in [9.17, 15) is 19.2 Å². The topological polar surface area (TPSA) is 141 Å². The largest absolute Gasteiger partial charge is 0.463 e. The molecule has 0 amide bonds. The highest BCUT2D eigenvalue weighted by Crippen LogP contribution is 2.76. The third-order valence-corrected chi connectivity index (χ3v) is 16.3. The van der Waals surface area contributed by atoms with Crippen LogP contribution >= 0.6 is 0 Å². The van der Waals surface area contributed by atoms with Crippen molar-refractivity contribution in [2.75, 3.05) is 6.61 Å². The number of esters is 5. The van der Waals surface area contributed by atoms with Crippen molar-refractivity contribution >= 4 is 29.8 Å². The molecule has 0 aromatic carbocycles. The monoisotopic (exact) mass is 770 g/mol. The second-order valence-electron chi connectivity index (χ2n) is 19.6. The van der Waals surface area contributed by atoms with Crippen LogP contribution in [-0.2, 0) is 52.4 Å². The van der Waals surface area contributed by atoms with Crippen molar-refractivity contribution in [3.8, 4) is 0 Å². The summed E-state index contributed by atoms with van der Waals surface area (Å²) < 4.78 is 34.8. The molecule has 0 aromatic rings. The smallest absolute Gasteiger partial charge is 0.315 e. The fraction of sp³-hybridized carbons (Fsp3) is 0.841. The third kappa shape index (κ3) is 6.94. The standard InChI is InChI=1S/C44H66O11/c1-24-15-20-44(39(49)55-38-37(53-29(6)48)36(52-28(5)47)35(51-27(4)46)31(54-38)23-50-26(3)45)22-21-42(10)30(34(44)25(24)2)13-14-33-41(9)18-12-17-40(7,8)32(41)16-19-43(33,42)11/h13,24-25,31-38H,12,14-23H2,1-11H3/t24-,25+,31-,32+,33-,34+,35-,36+,37-,38+,41+,42-,43-,44+/m1/s1. The number of rotatable bonds is 7. The van der Waals surface area contributed by atoms with E-state index in [1.165, 1.54) is 65.4 Å². The summed E-state index contributed by atoms with van der Waals surface area (Å²) in [6, 6.07) is 0. The van der Waals surface area contributed by atoms with Gasteiger partial charge in [0.2, 0.25) is 12.4 Å². The highest BCUT2D eigenvalue weighted by atomic mass is 16.7. The molecule has 1 saturated heterocycles. The predicted octanol–water partition coefficient (Wildman–Crippen LogP) is 7.66. The van der Waals surface area contributed by atoms with Gasteiger partial charge in [0.05, 0.1) is 5.41 Å². The third-order valence-electron chi connectivity index (χ3n) is 16.3. The van der Waals surface area contributed by atoms with Gasteiger partial charge in [0, 0.05) is 27.7 Å². The Morgan fingerprint density at radius 2 is 1.35 bits per heavy atom. The summed E-state index contributed by atoms with van der Waals surface area (Å²) in [4.78, 5) is 64.4. The van der Waals surface area contributed by atoms with Crippen molar-refractivity contribution in [2.45, 2.75) is 171 Å². The Labute approximate surface area is 327 Å². The molecule has 0 spiro atoms. The van der Waals surface area contributed by atoms with Crippen LogP contribution in [0.4, 0.5) is 0 Å². The first-order valence-corrected chi connectivity index (χ1v) is 20.8. The van der Waals surface area contributed by atoms with Crippen molar-refractivity contribution in [2.24, 2.45) is 56.7 Å². The van der Waals surface area contributed by atoms with E-state index < -0.39 is 72.6 Å². The molecule has 0 aromatic heterocycles. The Balaban J connectivity index is 1.38. The Morgan fingerprint density at radius 3 is 1.98 bits per heavy atom. The SMILES string of the molecule is CC(=O)OC[C@H]1O[C@@H](OC(=O)[C@]23CC[C@@H](C)[C@H](C)[C@H]2C2=CC[C@@H]4[C@@]5(C)CCCC(C)(C)[C@@H]5CC[C@@]4(C)[C@]2(C)CC3)[C@H](OC(C)=O)[C@@H](OC(C)=O)[C@@H]1OC(C)=O. The van der Waals surface area contributed by atoms with Gasteiger partial charge in [0.25, 0.3) is 0 Å². The maximum atomic E-state index is 15.2. The van der Waals surface area contributed by atoms with E-state index in [2.05, 4.69) is 54.5 Å². The molecular weight excluding hydrogens is 704 g/mol. The fourth-order valence-electron chi connectivity index (χ4n) is 13.4. The number of allylic oxidation sites excluding steroid dienone is 2. The molecule has 0 unspecified atom stereocenters. The molecule has 1 aliphatic heterocycles. The number of ether oxygens (including phenoxy) is 6. The molecule has 5 aliphatic carbocycles. The average molecular weight is 771 g/mol. The minimum atomic E-state index is -1.54. The van der Waals surface area contributed by atoms with E-state index in [4.69, 9.17) is 28.4 Å². The van der Waals surface area contributed by atoms with Gasteiger partial charge >= 0.3 is 29.8 Å². The maximum absolute atomic E-state index is 15.2. The molecule has 6 aliphatic rings. The first-order chi connectivity index (χ1) is 25.6. The zero-order chi connectivity index (χ0) is 40.5. The van der Waals surface area contributed by atoms with Crippen LogP contribution in [0.3, 0.4) is 0 Å². The summed E-state index contributed by atoms with van der Waals surface area (Å²) in [6.07, 6.45) is 5.80. The highest BCUT2D eigenvalue weighted by molar-refractivity contribution is 5.79. The zero-order valence-electron chi connectivity index (χ0n) is 35.1. The molecule has 6 rings (SSSR count). The first kappa shape index (κ1) is 41.7. The molecule has 4 saturated carbocycles. The molecule has 0 bridgehead atoms. The lowest BCUT2D eigenvalue weighted by Gasteiger charge is -2.71. The van der Waals surface area contributed by atoms with E-state index in [0.29, 0.717) is 36.0 Å². The van der Waals surface area contributed by atoms with E-state index >= 15 is 4.79 Å². The summed E-state index contributed by atoms with van der Waals surface area (Å²) in [5.74, 6) is -1.51. The van der Waals surface area contributed by atoms with E-state index in [1.807, 2.05) is 0 Å². The van der Waals surface area contributed by atoms with E-state index in [0.717, 1.165) is 19.3 Å². The van der Waals surface area contributed by atoms with E-state index in [1.54, 1.807) is 0 Å². The van der Waals surface area contributed by atoms with Crippen LogP contribution in [0.15, 0.2) is 11.6 Å². The second kappa shape index (κ2) is 14.8. The van der Waals surface area contributed by atoms with Crippen molar-refractivity contribution in [3.05, 3.63) is 11.6 Å². The van der Waals surface area contributed by atoms with Gasteiger partial charge in [0.15, 0.2) is 12.2 Å². The number of hydrogen-bond donors (Lipinski definition) is 0. The van der Waals surface area contributed by atoms with Gasteiger partial charge in [-0.1, -0.05) is 66.5 Å².